The number of nitrogens with zero attached hydrogens (tertiary/aromatic N) is 1. The minimum atomic E-state index is -0.415. The molecule has 1 heterocycles. The molecule has 0 bridgehead atoms. The van der Waals surface area contributed by atoms with Gasteiger partial charge in [0.15, 0.2) is 5.13 Å². The first-order valence-corrected chi connectivity index (χ1v) is 8.97. The highest BCUT2D eigenvalue weighted by atomic mass is 35.5. The topological polar surface area (TPSA) is 83.1 Å². The maximum absolute atomic E-state index is 12.0. The Labute approximate surface area is 159 Å². The summed E-state index contributed by atoms with van der Waals surface area (Å²) in [4.78, 5) is 28.2. The van der Waals surface area contributed by atoms with Crippen LogP contribution in [0.15, 0.2) is 60.0 Å². The molecular weight excluding hydrogens is 372 g/mol. The van der Waals surface area contributed by atoms with Crippen molar-refractivity contribution in [1.82, 2.24) is 4.98 Å². The number of benzene rings is 2. The van der Waals surface area contributed by atoms with Crippen LogP contribution in [0, 0.1) is 0 Å². The van der Waals surface area contributed by atoms with E-state index in [0.29, 0.717) is 21.5 Å². The summed E-state index contributed by atoms with van der Waals surface area (Å²) in [5, 5.41) is 10.9. The first kappa shape index (κ1) is 17.9. The van der Waals surface area contributed by atoms with Crippen molar-refractivity contribution in [2.45, 2.75) is 6.42 Å². The van der Waals surface area contributed by atoms with Crippen LogP contribution in [0.4, 0.5) is 21.3 Å². The molecule has 3 amide bonds. The predicted octanol–water partition coefficient (Wildman–Crippen LogP) is 4.62. The first-order valence-electron chi connectivity index (χ1n) is 7.71. The fourth-order valence-electron chi connectivity index (χ4n) is 2.13. The number of nitrogens with one attached hydrogen (secondary N) is 3. The number of hydrogen-bond donors (Lipinski definition) is 3. The summed E-state index contributed by atoms with van der Waals surface area (Å²) in [6.07, 6.45) is 0.131. The number of rotatable bonds is 5. The minimum Gasteiger partial charge on any atom is -0.326 e. The fourth-order valence-corrected chi connectivity index (χ4v) is 2.96. The molecule has 3 rings (SSSR count). The van der Waals surface area contributed by atoms with Crippen molar-refractivity contribution in [1.29, 1.82) is 0 Å². The van der Waals surface area contributed by atoms with Gasteiger partial charge in [-0.25, -0.2) is 9.78 Å². The zero-order chi connectivity index (χ0) is 18.4. The van der Waals surface area contributed by atoms with Gasteiger partial charge < -0.3 is 10.6 Å². The van der Waals surface area contributed by atoms with Gasteiger partial charge in [-0.15, -0.1) is 11.3 Å². The van der Waals surface area contributed by atoms with Crippen LogP contribution < -0.4 is 16.0 Å². The maximum Gasteiger partial charge on any atom is 0.325 e. The largest absolute Gasteiger partial charge is 0.326 e. The van der Waals surface area contributed by atoms with E-state index in [4.69, 9.17) is 11.6 Å². The van der Waals surface area contributed by atoms with Crippen LogP contribution in [-0.4, -0.2) is 16.9 Å². The molecule has 0 aliphatic heterocycles. The van der Waals surface area contributed by atoms with Crippen molar-refractivity contribution < 1.29 is 9.59 Å². The van der Waals surface area contributed by atoms with E-state index in [1.54, 1.807) is 29.6 Å². The second-order valence-electron chi connectivity index (χ2n) is 5.32. The Morgan fingerprint density at radius 1 is 0.923 bits per heavy atom. The molecule has 0 aliphatic rings. The van der Waals surface area contributed by atoms with E-state index in [1.807, 2.05) is 30.3 Å². The van der Waals surface area contributed by atoms with Gasteiger partial charge in [0, 0.05) is 21.8 Å². The Hall–Kier alpha value is -2.90. The molecule has 3 N–H and O–H groups in total. The van der Waals surface area contributed by atoms with Crippen molar-refractivity contribution >= 4 is 51.4 Å². The Bertz CT molecular complexity index is 897. The molecule has 0 fully saturated rings. The molecule has 8 heteroatoms. The molecule has 0 spiro atoms. The van der Waals surface area contributed by atoms with E-state index in [2.05, 4.69) is 20.9 Å². The van der Waals surface area contributed by atoms with Crippen LogP contribution in [-0.2, 0) is 11.2 Å². The summed E-state index contributed by atoms with van der Waals surface area (Å²) in [5.74, 6) is -0.168. The number of anilines is 3. The van der Waals surface area contributed by atoms with Gasteiger partial charge in [-0.1, -0.05) is 29.8 Å². The highest BCUT2D eigenvalue weighted by molar-refractivity contribution is 7.14. The third-order valence-corrected chi connectivity index (χ3v) is 4.33. The number of thiazole rings is 1. The van der Waals surface area contributed by atoms with Gasteiger partial charge in [-0.3, -0.25) is 10.1 Å². The van der Waals surface area contributed by atoms with Gasteiger partial charge in [0.05, 0.1) is 12.1 Å². The molecule has 0 saturated heterocycles. The number of urea groups is 1. The van der Waals surface area contributed by atoms with Gasteiger partial charge in [0.1, 0.15) is 0 Å². The summed E-state index contributed by atoms with van der Waals surface area (Å²) in [5.41, 5.74) is 1.93. The lowest BCUT2D eigenvalue weighted by molar-refractivity contribution is -0.115. The van der Waals surface area contributed by atoms with E-state index >= 15 is 0 Å². The standard InChI is InChI=1S/C18H15ClN4O2S/c19-12-6-8-14(9-7-12)21-17(25)23-18-22-15(11-26-18)10-16(24)20-13-4-2-1-3-5-13/h1-9,11H,10H2,(H,20,24)(H2,21,22,23,25). The zero-order valence-electron chi connectivity index (χ0n) is 13.5. The molecule has 0 saturated carbocycles. The molecule has 0 atom stereocenters. The number of para-hydroxylation sites is 1. The molecule has 0 aliphatic carbocycles. The summed E-state index contributed by atoms with van der Waals surface area (Å²) in [6.45, 7) is 0. The van der Waals surface area contributed by atoms with Crippen LogP contribution in [0.2, 0.25) is 5.02 Å². The highest BCUT2D eigenvalue weighted by Gasteiger charge is 2.10. The van der Waals surface area contributed by atoms with Gasteiger partial charge >= 0.3 is 6.03 Å². The monoisotopic (exact) mass is 386 g/mol. The molecule has 0 radical (unpaired) electrons. The Morgan fingerprint density at radius 3 is 2.35 bits per heavy atom. The second-order valence-corrected chi connectivity index (χ2v) is 6.62. The zero-order valence-corrected chi connectivity index (χ0v) is 15.1. The van der Waals surface area contributed by atoms with Crippen LogP contribution in [0.5, 0.6) is 0 Å². The molecule has 6 nitrogen and oxygen atoms in total. The van der Waals surface area contributed by atoms with Crippen molar-refractivity contribution in [3.63, 3.8) is 0 Å². The molecule has 0 unspecified atom stereocenters. The fraction of sp³-hybridized carbons (Fsp3) is 0.0556. The normalized spacial score (nSPS) is 10.2. The third kappa shape index (κ3) is 5.30. The number of carbonyl (C=O) groups excluding carboxylic acids is 2. The van der Waals surface area contributed by atoms with E-state index in [9.17, 15) is 9.59 Å². The lowest BCUT2D eigenvalue weighted by Crippen LogP contribution is -2.19. The molecule has 1 aromatic heterocycles. The van der Waals surface area contributed by atoms with Crippen molar-refractivity contribution in [2.24, 2.45) is 0 Å². The van der Waals surface area contributed by atoms with Gasteiger partial charge in [0.2, 0.25) is 5.91 Å². The van der Waals surface area contributed by atoms with Crippen LogP contribution in [0.1, 0.15) is 5.69 Å². The maximum atomic E-state index is 12.0. The van der Waals surface area contributed by atoms with Crippen molar-refractivity contribution in [3.05, 3.63) is 70.7 Å². The summed E-state index contributed by atoms with van der Waals surface area (Å²) >= 11 is 7.06. The van der Waals surface area contributed by atoms with Gasteiger partial charge in [0.25, 0.3) is 0 Å². The second kappa shape index (κ2) is 8.46. The molecule has 3 aromatic rings. The van der Waals surface area contributed by atoms with Crippen LogP contribution in [0.3, 0.4) is 0 Å². The Kier molecular flexibility index (Phi) is 5.83. The third-order valence-electron chi connectivity index (χ3n) is 3.27. The van der Waals surface area contributed by atoms with Crippen LogP contribution >= 0.6 is 22.9 Å². The number of aromatic nitrogens is 1. The summed E-state index contributed by atoms with van der Waals surface area (Å²) in [7, 11) is 0. The number of halogens is 1. The van der Waals surface area contributed by atoms with E-state index < -0.39 is 6.03 Å². The van der Waals surface area contributed by atoms with E-state index in [1.165, 1.54) is 11.3 Å². The molecule has 2 aromatic carbocycles. The molecule has 132 valence electrons. The smallest absolute Gasteiger partial charge is 0.325 e. The lowest BCUT2D eigenvalue weighted by atomic mass is 10.3. The summed E-state index contributed by atoms with van der Waals surface area (Å²) < 4.78 is 0. The summed E-state index contributed by atoms with van der Waals surface area (Å²) in [6, 6.07) is 15.5. The average Bonchev–Trinajstić information content (AvgIpc) is 3.04. The number of carbonyl (C=O) groups is 2. The Morgan fingerprint density at radius 2 is 1.62 bits per heavy atom. The number of hydrogen-bond acceptors (Lipinski definition) is 4. The lowest BCUT2D eigenvalue weighted by Gasteiger charge is -2.05. The van der Waals surface area contributed by atoms with Crippen molar-refractivity contribution in [2.75, 3.05) is 16.0 Å². The average molecular weight is 387 g/mol. The quantitative estimate of drug-likeness (QED) is 0.598. The van der Waals surface area contributed by atoms with Crippen molar-refractivity contribution in [3.8, 4) is 0 Å². The first-order chi connectivity index (χ1) is 12.6. The Balaban J connectivity index is 1.51. The van der Waals surface area contributed by atoms with Crippen LogP contribution in [0.25, 0.3) is 0 Å². The minimum absolute atomic E-state index is 0.131. The SMILES string of the molecule is O=C(Cc1csc(NC(=O)Nc2ccc(Cl)cc2)n1)Nc1ccccc1. The number of amides is 3. The van der Waals surface area contributed by atoms with E-state index in [0.717, 1.165) is 5.69 Å². The highest BCUT2D eigenvalue weighted by Crippen LogP contribution is 2.18. The van der Waals surface area contributed by atoms with Gasteiger partial charge in [-0.2, -0.15) is 0 Å². The van der Waals surface area contributed by atoms with Gasteiger partial charge in [-0.05, 0) is 36.4 Å². The predicted molar refractivity (Wildman–Crippen MR) is 105 cm³/mol. The van der Waals surface area contributed by atoms with E-state index in [-0.39, 0.29) is 12.3 Å². The molecular formula is C18H15ClN4O2S. The molecule has 26 heavy (non-hydrogen) atoms.